The van der Waals surface area contributed by atoms with Gasteiger partial charge in [0.25, 0.3) is 5.91 Å². The normalized spacial score (nSPS) is 16.7. The minimum absolute atomic E-state index is 0.0380. The van der Waals surface area contributed by atoms with Crippen LogP contribution in [0.1, 0.15) is 41.3 Å². The highest BCUT2D eigenvalue weighted by molar-refractivity contribution is 6.30. The third-order valence-electron chi connectivity index (χ3n) is 5.39. The molecule has 2 aromatic rings. The molecule has 3 rings (SSSR count). The molecule has 0 bridgehead atoms. The molecule has 1 heterocycles. The highest BCUT2D eigenvalue weighted by atomic mass is 35.5. The quantitative estimate of drug-likeness (QED) is 0.737. The smallest absolute Gasteiger partial charge is 0.253 e. The number of anilines is 1. The van der Waals surface area contributed by atoms with Crippen molar-refractivity contribution in [1.82, 2.24) is 4.90 Å². The molecular formula is C23H27ClN2O2. The second-order valence-electron chi connectivity index (χ2n) is 7.47. The SMILES string of the molecule is CCN(C(=O)C1CCCN(C(=O)c2ccc(Cl)cc2)C1)c1cc(C)ccc1C. The number of hydrogen-bond donors (Lipinski definition) is 0. The number of nitrogens with zero attached hydrogens (tertiary/aromatic N) is 2. The zero-order chi connectivity index (χ0) is 20.3. The molecule has 0 radical (unpaired) electrons. The number of carbonyl (C=O) groups excluding carboxylic acids is 2. The molecule has 1 unspecified atom stereocenters. The Labute approximate surface area is 172 Å². The van der Waals surface area contributed by atoms with Gasteiger partial charge in [-0.15, -0.1) is 0 Å². The first-order valence-electron chi connectivity index (χ1n) is 9.84. The molecule has 1 atom stereocenters. The molecule has 28 heavy (non-hydrogen) atoms. The monoisotopic (exact) mass is 398 g/mol. The number of carbonyl (C=O) groups is 2. The molecule has 0 spiro atoms. The van der Waals surface area contributed by atoms with Crippen molar-refractivity contribution in [3.05, 3.63) is 64.2 Å². The standard InChI is InChI=1S/C23H27ClN2O2/c1-4-26(21-14-16(2)7-8-17(21)3)23(28)19-6-5-13-25(15-19)22(27)18-9-11-20(24)12-10-18/h7-12,14,19H,4-6,13,15H2,1-3H3. The summed E-state index contributed by atoms with van der Waals surface area (Å²) >= 11 is 5.92. The van der Waals surface area contributed by atoms with E-state index in [0.29, 0.717) is 30.2 Å². The van der Waals surface area contributed by atoms with E-state index in [1.165, 1.54) is 0 Å². The molecule has 1 aliphatic rings. The Kier molecular flexibility index (Phi) is 6.40. The third-order valence-corrected chi connectivity index (χ3v) is 5.64. The van der Waals surface area contributed by atoms with Crippen molar-refractivity contribution in [2.24, 2.45) is 5.92 Å². The number of piperidine rings is 1. The van der Waals surface area contributed by atoms with E-state index in [1.807, 2.05) is 25.7 Å². The van der Waals surface area contributed by atoms with Crippen LogP contribution < -0.4 is 4.90 Å². The molecule has 4 nitrogen and oxygen atoms in total. The first-order valence-corrected chi connectivity index (χ1v) is 10.2. The average molecular weight is 399 g/mol. The third kappa shape index (κ3) is 4.39. The lowest BCUT2D eigenvalue weighted by atomic mass is 9.95. The van der Waals surface area contributed by atoms with Gasteiger partial charge in [0.1, 0.15) is 0 Å². The summed E-state index contributed by atoms with van der Waals surface area (Å²) in [6.07, 6.45) is 1.64. The Morgan fingerprint density at radius 3 is 2.54 bits per heavy atom. The zero-order valence-corrected chi connectivity index (χ0v) is 17.5. The fourth-order valence-corrected chi connectivity index (χ4v) is 3.94. The molecule has 1 saturated heterocycles. The number of hydrogen-bond acceptors (Lipinski definition) is 2. The van der Waals surface area contributed by atoms with Crippen molar-refractivity contribution >= 4 is 29.1 Å². The van der Waals surface area contributed by atoms with Crippen LogP contribution >= 0.6 is 11.6 Å². The topological polar surface area (TPSA) is 40.6 Å². The van der Waals surface area contributed by atoms with E-state index >= 15 is 0 Å². The van der Waals surface area contributed by atoms with Crippen LogP contribution in [0.4, 0.5) is 5.69 Å². The van der Waals surface area contributed by atoms with E-state index in [0.717, 1.165) is 29.7 Å². The van der Waals surface area contributed by atoms with Crippen molar-refractivity contribution in [2.45, 2.75) is 33.6 Å². The van der Waals surface area contributed by atoms with Crippen LogP contribution in [0.25, 0.3) is 0 Å². The fraction of sp³-hybridized carbons (Fsp3) is 0.391. The average Bonchev–Trinajstić information content (AvgIpc) is 2.71. The van der Waals surface area contributed by atoms with Gasteiger partial charge in [-0.3, -0.25) is 9.59 Å². The summed E-state index contributed by atoms with van der Waals surface area (Å²) in [5.74, 6) is -0.112. The van der Waals surface area contributed by atoms with Crippen molar-refractivity contribution in [3.63, 3.8) is 0 Å². The predicted octanol–water partition coefficient (Wildman–Crippen LogP) is 4.86. The van der Waals surface area contributed by atoms with Crippen LogP contribution in [0.3, 0.4) is 0 Å². The number of benzene rings is 2. The van der Waals surface area contributed by atoms with E-state index in [-0.39, 0.29) is 17.7 Å². The zero-order valence-electron chi connectivity index (χ0n) is 16.7. The summed E-state index contributed by atoms with van der Waals surface area (Å²) in [5.41, 5.74) is 3.80. The van der Waals surface area contributed by atoms with E-state index < -0.39 is 0 Å². The summed E-state index contributed by atoms with van der Waals surface area (Å²) in [6, 6.07) is 13.1. The van der Waals surface area contributed by atoms with Crippen LogP contribution in [0.5, 0.6) is 0 Å². The van der Waals surface area contributed by atoms with Gasteiger partial charge in [-0.1, -0.05) is 23.7 Å². The first-order chi connectivity index (χ1) is 13.4. The summed E-state index contributed by atoms with van der Waals surface area (Å²) < 4.78 is 0. The molecule has 0 saturated carbocycles. The Morgan fingerprint density at radius 2 is 1.86 bits per heavy atom. The molecule has 1 fully saturated rings. The van der Waals surface area contributed by atoms with Crippen LogP contribution in [-0.2, 0) is 4.79 Å². The summed E-state index contributed by atoms with van der Waals surface area (Å²) in [5, 5.41) is 0.607. The minimum Gasteiger partial charge on any atom is -0.338 e. The van der Waals surface area contributed by atoms with Gasteiger partial charge in [-0.05, 0) is 75.1 Å². The van der Waals surface area contributed by atoms with E-state index in [9.17, 15) is 9.59 Å². The molecule has 5 heteroatoms. The predicted molar refractivity (Wildman–Crippen MR) is 114 cm³/mol. The Bertz CT molecular complexity index is 863. The molecule has 1 aliphatic heterocycles. The van der Waals surface area contributed by atoms with Crippen LogP contribution in [0, 0.1) is 19.8 Å². The maximum Gasteiger partial charge on any atom is 0.253 e. The van der Waals surface area contributed by atoms with Crippen LogP contribution in [0.2, 0.25) is 5.02 Å². The highest BCUT2D eigenvalue weighted by Gasteiger charge is 2.32. The van der Waals surface area contributed by atoms with Gasteiger partial charge in [0.15, 0.2) is 0 Å². The Balaban J connectivity index is 1.77. The van der Waals surface area contributed by atoms with Crippen molar-refractivity contribution in [1.29, 1.82) is 0 Å². The molecular weight excluding hydrogens is 372 g/mol. The first kappa shape index (κ1) is 20.4. The molecule has 0 aromatic heterocycles. The van der Waals surface area contributed by atoms with E-state index in [4.69, 9.17) is 11.6 Å². The lowest BCUT2D eigenvalue weighted by molar-refractivity contribution is -0.123. The second-order valence-corrected chi connectivity index (χ2v) is 7.91. The maximum atomic E-state index is 13.3. The van der Waals surface area contributed by atoms with Gasteiger partial charge in [0.05, 0.1) is 5.92 Å². The van der Waals surface area contributed by atoms with E-state index in [2.05, 4.69) is 18.2 Å². The maximum absolute atomic E-state index is 13.3. The van der Waals surface area contributed by atoms with Crippen molar-refractivity contribution in [2.75, 3.05) is 24.5 Å². The number of amides is 2. The molecule has 148 valence electrons. The molecule has 2 amide bonds. The fourth-order valence-electron chi connectivity index (χ4n) is 3.81. The number of aryl methyl sites for hydroxylation is 2. The summed E-state index contributed by atoms with van der Waals surface area (Å²) in [4.78, 5) is 29.8. The van der Waals surface area contributed by atoms with Crippen molar-refractivity contribution in [3.8, 4) is 0 Å². The van der Waals surface area contributed by atoms with Gasteiger partial charge in [-0.2, -0.15) is 0 Å². The van der Waals surface area contributed by atoms with Gasteiger partial charge >= 0.3 is 0 Å². The molecule has 0 aliphatic carbocycles. The molecule has 0 N–H and O–H groups in total. The Morgan fingerprint density at radius 1 is 1.14 bits per heavy atom. The van der Waals surface area contributed by atoms with Gasteiger partial charge in [0, 0.05) is 35.9 Å². The number of likely N-dealkylation sites (tertiary alicyclic amines) is 1. The van der Waals surface area contributed by atoms with Gasteiger partial charge in [0.2, 0.25) is 5.91 Å². The largest absolute Gasteiger partial charge is 0.338 e. The van der Waals surface area contributed by atoms with Gasteiger partial charge in [-0.25, -0.2) is 0 Å². The number of halogens is 1. The van der Waals surface area contributed by atoms with E-state index in [1.54, 1.807) is 29.2 Å². The Hall–Kier alpha value is -2.33. The second kappa shape index (κ2) is 8.78. The summed E-state index contributed by atoms with van der Waals surface area (Å²) in [7, 11) is 0. The molecule has 2 aromatic carbocycles. The van der Waals surface area contributed by atoms with Crippen LogP contribution in [-0.4, -0.2) is 36.3 Å². The minimum atomic E-state index is -0.176. The van der Waals surface area contributed by atoms with Crippen molar-refractivity contribution < 1.29 is 9.59 Å². The number of rotatable bonds is 4. The lowest BCUT2D eigenvalue weighted by Crippen LogP contribution is -2.47. The summed E-state index contributed by atoms with van der Waals surface area (Å²) in [6.45, 7) is 7.82. The lowest BCUT2D eigenvalue weighted by Gasteiger charge is -2.35. The van der Waals surface area contributed by atoms with Crippen LogP contribution in [0.15, 0.2) is 42.5 Å². The van der Waals surface area contributed by atoms with Gasteiger partial charge < -0.3 is 9.80 Å². The highest BCUT2D eigenvalue weighted by Crippen LogP contribution is 2.27.